The van der Waals surface area contributed by atoms with E-state index in [1.807, 2.05) is 0 Å². The molecule has 3 heterocycles. The van der Waals surface area contributed by atoms with Crippen LogP contribution in [-0.4, -0.2) is 36.4 Å². The zero-order valence-electron chi connectivity index (χ0n) is 20.5. The number of carbonyl (C=O) groups excluding carboxylic acids is 1. The van der Waals surface area contributed by atoms with Crippen LogP contribution in [0.25, 0.3) is 28.2 Å². The molecule has 2 N–H and O–H groups in total. The number of hydrogen-bond acceptors (Lipinski definition) is 4. The fourth-order valence-electron chi connectivity index (χ4n) is 4.21. The third-order valence-electron chi connectivity index (χ3n) is 6.12. The van der Waals surface area contributed by atoms with Crippen molar-refractivity contribution < 1.29 is 36.2 Å². The molecule has 1 atom stereocenters. The predicted octanol–water partition coefficient (Wildman–Crippen LogP) is 6.27. The predicted molar refractivity (Wildman–Crippen MR) is 133 cm³/mol. The van der Waals surface area contributed by atoms with Gasteiger partial charge in [-0.25, -0.2) is 4.98 Å². The lowest BCUT2D eigenvalue weighted by molar-refractivity contribution is -0.206. The van der Waals surface area contributed by atoms with Crippen LogP contribution in [0, 0.1) is 0 Å². The maximum Gasteiger partial charge on any atom is 0.418 e. The van der Waals surface area contributed by atoms with Crippen molar-refractivity contribution in [1.82, 2.24) is 19.2 Å². The highest BCUT2D eigenvalue weighted by Crippen LogP contribution is 2.38. The van der Waals surface area contributed by atoms with Crippen LogP contribution < -0.4 is 5.32 Å². The molecular formula is C27H19F6N5O2. The number of aryl methyl sites for hydroxylation is 1. The molecule has 0 aliphatic carbocycles. The Hall–Kier alpha value is -4.65. The van der Waals surface area contributed by atoms with E-state index >= 15 is 0 Å². The molecule has 0 radical (unpaired) electrons. The van der Waals surface area contributed by atoms with E-state index in [0.717, 1.165) is 30.5 Å². The molecule has 0 spiro atoms. The number of anilines is 1. The van der Waals surface area contributed by atoms with Crippen LogP contribution >= 0.6 is 0 Å². The van der Waals surface area contributed by atoms with Gasteiger partial charge in [0.05, 0.1) is 11.3 Å². The number of carbonyl (C=O) groups is 1. The number of benzene rings is 2. The zero-order chi connectivity index (χ0) is 28.8. The topological polar surface area (TPSA) is 84.5 Å². The van der Waals surface area contributed by atoms with Gasteiger partial charge in [0.25, 0.3) is 5.91 Å². The molecule has 5 rings (SSSR count). The Labute approximate surface area is 222 Å². The standard InChI is InChI=1S/C27H19F6N5O2/c1-37-12-11-20(36-37)18-13-16(7-9-19(18)26(28,29)30)25(40)35-24-22(15-5-3-2-4-6-15)34-21-10-8-17(14-38(21)24)23(39)27(31,32)33/h2-14,23,39H,1H3,(H,35,40). The maximum absolute atomic E-state index is 13.7. The molecule has 0 fully saturated rings. The van der Waals surface area contributed by atoms with Gasteiger partial charge in [-0.3, -0.25) is 13.9 Å². The number of imidazole rings is 1. The van der Waals surface area contributed by atoms with E-state index < -0.39 is 35.5 Å². The Kier molecular flexibility index (Phi) is 6.62. The minimum Gasteiger partial charge on any atom is -0.379 e. The van der Waals surface area contributed by atoms with Crippen molar-refractivity contribution in [2.24, 2.45) is 7.05 Å². The summed E-state index contributed by atoms with van der Waals surface area (Å²) < 4.78 is 83.3. The second-order valence-corrected chi connectivity index (χ2v) is 8.90. The normalized spacial score (nSPS) is 13.0. The highest BCUT2D eigenvalue weighted by molar-refractivity contribution is 6.06. The van der Waals surface area contributed by atoms with Crippen LogP contribution in [0.4, 0.5) is 32.2 Å². The molecule has 2 aromatic carbocycles. The molecule has 5 aromatic rings. The summed E-state index contributed by atoms with van der Waals surface area (Å²) >= 11 is 0. The quantitative estimate of drug-likeness (QED) is 0.249. The van der Waals surface area contributed by atoms with Crippen molar-refractivity contribution in [3.05, 3.63) is 95.8 Å². The number of aromatic nitrogens is 4. The fourth-order valence-corrected chi connectivity index (χ4v) is 4.21. The first-order valence-electron chi connectivity index (χ1n) is 11.7. The van der Waals surface area contributed by atoms with Crippen molar-refractivity contribution in [3.63, 3.8) is 0 Å². The monoisotopic (exact) mass is 559 g/mol. The van der Waals surface area contributed by atoms with Crippen molar-refractivity contribution in [2.45, 2.75) is 18.5 Å². The van der Waals surface area contributed by atoms with Crippen molar-refractivity contribution in [1.29, 1.82) is 0 Å². The Balaban J connectivity index is 1.62. The van der Waals surface area contributed by atoms with Crippen LogP contribution in [0.1, 0.15) is 27.6 Å². The smallest absolute Gasteiger partial charge is 0.379 e. The highest BCUT2D eigenvalue weighted by atomic mass is 19.4. The largest absolute Gasteiger partial charge is 0.418 e. The lowest BCUT2D eigenvalue weighted by atomic mass is 10.0. The molecule has 206 valence electrons. The SMILES string of the molecule is Cn1ccc(-c2cc(C(=O)Nc3c(-c4ccccc4)nc4ccc(C(O)C(F)(F)F)cn34)ccc2C(F)(F)F)n1. The number of rotatable bonds is 5. The van der Waals surface area contributed by atoms with E-state index in [9.17, 15) is 36.2 Å². The van der Waals surface area contributed by atoms with Gasteiger partial charge in [0, 0.05) is 41.7 Å². The Bertz CT molecular complexity index is 1710. The lowest BCUT2D eigenvalue weighted by Crippen LogP contribution is -2.20. The second kappa shape index (κ2) is 9.83. The van der Waals surface area contributed by atoms with Gasteiger partial charge >= 0.3 is 12.4 Å². The molecule has 13 heteroatoms. The van der Waals surface area contributed by atoms with E-state index in [4.69, 9.17) is 0 Å². The molecular weight excluding hydrogens is 540 g/mol. The number of fused-ring (bicyclic) bond motifs is 1. The minimum absolute atomic E-state index is 0.00460. The summed E-state index contributed by atoms with van der Waals surface area (Å²) in [6, 6.07) is 15.0. The Morgan fingerprint density at radius 1 is 0.975 bits per heavy atom. The summed E-state index contributed by atoms with van der Waals surface area (Å²) in [4.78, 5) is 17.8. The molecule has 1 unspecified atom stereocenters. The molecule has 0 saturated carbocycles. The molecule has 1 amide bonds. The molecule has 7 nitrogen and oxygen atoms in total. The average molecular weight is 559 g/mol. The molecule has 0 saturated heterocycles. The minimum atomic E-state index is -4.94. The number of nitrogens with one attached hydrogen (secondary N) is 1. The first-order valence-corrected chi connectivity index (χ1v) is 11.7. The van der Waals surface area contributed by atoms with Crippen LogP contribution in [0.5, 0.6) is 0 Å². The van der Waals surface area contributed by atoms with Gasteiger partial charge in [-0.15, -0.1) is 0 Å². The molecule has 40 heavy (non-hydrogen) atoms. The average Bonchev–Trinajstić information content (AvgIpc) is 3.50. The molecule has 3 aromatic heterocycles. The van der Waals surface area contributed by atoms with Crippen molar-refractivity contribution in [3.8, 4) is 22.5 Å². The highest BCUT2D eigenvalue weighted by Gasteiger charge is 2.40. The first-order chi connectivity index (χ1) is 18.8. The van der Waals surface area contributed by atoms with E-state index in [1.165, 1.54) is 34.5 Å². The Morgan fingerprint density at radius 2 is 1.70 bits per heavy atom. The third-order valence-corrected chi connectivity index (χ3v) is 6.12. The van der Waals surface area contributed by atoms with Gasteiger partial charge in [0.2, 0.25) is 0 Å². The number of hydrogen-bond donors (Lipinski definition) is 2. The van der Waals surface area contributed by atoms with Gasteiger partial charge in [-0.05, 0) is 30.3 Å². The van der Waals surface area contributed by atoms with E-state index in [2.05, 4.69) is 15.4 Å². The molecule has 0 aliphatic heterocycles. The van der Waals surface area contributed by atoms with Gasteiger partial charge in [-0.2, -0.15) is 31.4 Å². The summed E-state index contributed by atoms with van der Waals surface area (Å²) in [5, 5.41) is 16.4. The van der Waals surface area contributed by atoms with Crippen LogP contribution in [-0.2, 0) is 13.2 Å². The van der Waals surface area contributed by atoms with E-state index in [1.54, 1.807) is 30.3 Å². The summed E-state index contributed by atoms with van der Waals surface area (Å²) in [6.07, 6.45) is -10.0. The number of halogens is 6. The number of amides is 1. The number of aliphatic hydroxyl groups excluding tert-OH is 1. The lowest BCUT2D eigenvalue weighted by Gasteiger charge is -2.16. The van der Waals surface area contributed by atoms with Gasteiger partial charge in [0.15, 0.2) is 6.10 Å². The Morgan fingerprint density at radius 3 is 2.33 bits per heavy atom. The van der Waals surface area contributed by atoms with Gasteiger partial charge in [0.1, 0.15) is 17.2 Å². The van der Waals surface area contributed by atoms with E-state index in [-0.39, 0.29) is 34.0 Å². The maximum atomic E-state index is 13.7. The summed E-state index contributed by atoms with van der Waals surface area (Å²) in [5.74, 6) is -0.881. The number of nitrogens with zero attached hydrogens (tertiary/aromatic N) is 4. The van der Waals surface area contributed by atoms with Gasteiger partial charge in [-0.1, -0.05) is 36.4 Å². The second-order valence-electron chi connectivity index (χ2n) is 8.90. The van der Waals surface area contributed by atoms with Crippen LogP contribution in [0.3, 0.4) is 0 Å². The summed E-state index contributed by atoms with van der Waals surface area (Å²) in [7, 11) is 1.53. The first kappa shape index (κ1) is 26.9. The van der Waals surface area contributed by atoms with Crippen LogP contribution in [0.15, 0.2) is 79.1 Å². The molecule has 0 bridgehead atoms. The third kappa shape index (κ3) is 5.15. The number of pyridine rings is 1. The summed E-state index contributed by atoms with van der Waals surface area (Å²) in [5.41, 5.74) is -1.10. The summed E-state index contributed by atoms with van der Waals surface area (Å²) in [6.45, 7) is 0. The molecule has 0 aliphatic rings. The van der Waals surface area contributed by atoms with Crippen LogP contribution in [0.2, 0.25) is 0 Å². The van der Waals surface area contributed by atoms with E-state index in [0.29, 0.717) is 5.56 Å². The zero-order valence-corrected chi connectivity index (χ0v) is 20.5. The van der Waals surface area contributed by atoms with Gasteiger partial charge < -0.3 is 10.4 Å². The number of alkyl halides is 6. The van der Waals surface area contributed by atoms with Crippen molar-refractivity contribution in [2.75, 3.05) is 5.32 Å². The van der Waals surface area contributed by atoms with Crippen molar-refractivity contribution >= 4 is 17.4 Å². The number of aliphatic hydroxyl groups is 1. The fraction of sp³-hybridized carbons (Fsp3) is 0.148.